The van der Waals surface area contributed by atoms with Crippen LogP contribution in [0.25, 0.3) is 10.8 Å². The summed E-state index contributed by atoms with van der Waals surface area (Å²) in [6.07, 6.45) is 0. The lowest BCUT2D eigenvalue weighted by Gasteiger charge is -2.11. The molecule has 1 N–H and O–H groups in total. The summed E-state index contributed by atoms with van der Waals surface area (Å²) in [5.74, 6) is 1.27. The van der Waals surface area contributed by atoms with E-state index >= 15 is 0 Å². The molecule has 4 aromatic carbocycles. The molecule has 29 heavy (non-hydrogen) atoms. The predicted molar refractivity (Wildman–Crippen MR) is 121 cm³/mol. The lowest BCUT2D eigenvalue weighted by molar-refractivity contribution is 0.102. The summed E-state index contributed by atoms with van der Waals surface area (Å²) in [4.78, 5) is 14.1. The van der Waals surface area contributed by atoms with E-state index < -0.39 is 0 Å². The maximum atomic E-state index is 12.8. The average Bonchev–Trinajstić information content (AvgIpc) is 2.78. The molecule has 0 heterocycles. The van der Waals surface area contributed by atoms with Crippen molar-refractivity contribution < 1.29 is 9.53 Å². The van der Waals surface area contributed by atoms with Gasteiger partial charge in [-0.15, -0.1) is 11.8 Å². The number of methoxy groups -OCH3 is 1. The van der Waals surface area contributed by atoms with Crippen molar-refractivity contribution in [2.24, 2.45) is 0 Å². The van der Waals surface area contributed by atoms with Crippen LogP contribution in [-0.2, 0) is 5.75 Å². The van der Waals surface area contributed by atoms with Gasteiger partial charge in [0.05, 0.1) is 12.7 Å². The number of hydrogen-bond donors (Lipinski definition) is 1. The van der Waals surface area contributed by atoms with Gasteiger partial charge in [0.15, 0.2) is 0 Å². The number of anilines is 1. The summed E-state index contributed by atoms with van der Waals surface area (Å²) in [6, 6.07) is 30.0. The quantitative estimate of drug-likeness (QED) is 0.382. The van der Waals surface area contributed by atoms with Crippen molar-refractivity contribution in [2.45, 2.75) is 10.6 Å². The molecule has 0 aliphatic rings. The lowest BCUT2D eigenvalue weighted by atomic mass is 10.1. The van der Waals surface area contributed by atoms with Crippen LogP contribution in [0.5, 0.6) is 5.75 Å². The third-order valence-corrected chi connectivity index (χ3v) is 5.76. The Bertz CT molecular complexity index is 1120. The maximum absolute atomic E-state index is 12.8. The number of benzene rings is 4. The Morgan fingerprint density at radius 2 is 1.52 bits per heavy atom. The van der Waals surface area contributed by atoms with Gasteiger partial charge in [0.2, 0.25) is 0 Å². The largest absolute Gasteiger partial charge is 0.496 e. The molecule has 0 atom stereocenters. The van der Waals surface area contributed by atoms with E-state index in [4.69, 9.17) is 4.74 Å². The van der Waals surface area contributed by atoms with Gasteiger partial charge >= 0.3 is 0 Å². The molecule has 0 fully saturated rings. The first-order chi connectivity index (χ1) is 14.2. The first kappa shape index (κ1) is 19.1. The van der Waals surface area contributed by atoms with Gasteiger partial charge in [-0.05, 0) is 52.7 Å². The van der Waals surface area contributed by atoms with E-state index in [1.165, 1.54) is 10.5 Å². The van der Waals surface area contributed by atoms with E-state index in [9.17, 15) is 4.79 Å². The zero-order valence-electron chi connectivity index (χ0n) is 16.1. The van der Waals surface area contributed by atoms with Crippen molar-refractivity contribution in [3.05, 3.63) is 102 Å². The van der Waals surface area contributed by atoms with Crippen molar-refractivity contribution in [3.63, 3.8) is 0 Å². The Balaban J connectivity index is 1.46. The molecule has 1 amide bonds. The molecule has 4 heteroatoms. The van der Waals surface area contributed by atoms with E-state index in [1.54, 1.807) is 18.9 Å². The highest BCUT2D eigenvalue weighted by atomic mass is 32.2. The van der Waals surface area contributed by atoms with Crippen LogP contribution >= 0.6 is 11.8 Å². The van der Waals surface area contributed by atoms with Crippen molar-refractivity contribution in [3.8, 4) is 5.75 Å². The third-order valence-electron chi connectivity index (χ3n) is 4.67. The van der Waals surface area contributed by atoms with Gasteiger partial charge in [0.25, 0.3) is 5.91 Å². The molecule has 0 aliphatic heterocycles. The molecule has 0 saturated carbocycles. The summed E-state index contributed by atoms with van der Waals surface area (Å²) in [7, 11) is 1.58. The Morgan fingerprint density at radius 3 is 2.21 bits per heavy atom. The van der Waals surface area contributed by atoms with Crippen LogP contribution in [0.1, 0.15) is 15.9 Å². The fourth-order valence-electron chi connectivity index (χ4n) is 3.13. The SMILES string of the molecule is COc1cc2ccccc2cc1C(=O)Nc1ccc(CSc2ccccc2)cc1. The molecule has 4 rings (SSSR count). The summed E-state index contributed by atoms with van der Waals surface area (Å²) in [5, 5.41) is 5.02. The minimum absolute atomic E-state index is 0.181. The second kappa shape index (κ2) is 8.84. The van der Waals surface area contributed by atoms with Gasteiger partial charge < -0.3 is 10.1 Å². The highest BCUT2D eigenvalue weighted by molar-refractivity contribution is 7.98. The minimum atomic E-state index is -0.181. The Morgan fingerprint density at radius 1 is 0.862 bits per heavy atom. The second-order valence-corrected chi connectivity index (χ2v) is 7.70. The molecule has 0 aromatic heterocycles. The monoisotopic (exact) mass is 399 g/mol. The standard InChI is InChI=1S/C25H21NO2S/c1-28-24-16-20-8-6-5-7-19(20)15-23(24)25(27)26-21-13-11-18(12-14-21)17-29-22-9-3-2-4-10-22/h2-16H,17H2,1H3,(H,26,27). The molecule has 144 valence electrons. The van der Waals surface area contributed by atoms with Crippen LogP contribution in [0.4, 0.5) is 5.69 Å². The van der Waals surface area contributed by atoms with E-state index in [1.807, 2.05) is 78.9 Å². The normalized spacial score (nSPS) is 10.7. The summed E-state index contributed by atoms with van der Waals surface area (Å²) in [6.45, 7) is 0. The molecule has 0 bridgehead atoms. The first-order valence-electron chi connectivity index (χ1n) is 9.38. The summed E-state index contributed by atoms with van der Waals surface area (Å²) < 4.78 is 5.44. The van der Waals surface area contributed by atoms with Crippen molar-refractivity contribution in [1.82, 2.24) is 0 Å². The number of thioether (sulfide) groups is 1. The van der Waals surface area contributed by atoms with E-state index in [2.05, 4.69) is 17.4 Å². The topological polar surface area (TPSA) is 38.3 Å². The number of fused-ring (bicyclic) bond motifs is 1. The van der Waals surface area contributed by atoms with Crippen LogP contribution in [0.2, 0.25) is 0 Å². The summed E-state index contributed by atoms with van der Waals surface area (Å²) in [5.41, 5.74) is 2.49. The molecule has 0 aliphatic carbocycles. The van der Waals surface area contributed by atoms with Crippen molar-refractivity contribution in [1.29, 1.82) is 0 Å². The minimum Gasteiger partial charge on any atom is -0.496 e. The Kier molecular flexibility index (Phi) is 5.82. The van der Waals surface area contributed by atoms with Gasteiger partial charge in [-0.2, -0.15) is 0 Å². The van der Waals surface area contributed by atoms with E-state index in [0.717, 1.165) is 22.2 Å². The maximum Gasteiger partial charge on any atom is 0.259 e. The van der Waals surface area contributed by atoms with Crippen LogP contribution < -0.4 is 10.1 Å². The highest BCUT2D eigenvalue weighted by Gasteiger charge is 2.14. The van der Waals surface area contributed by atoms with Crippen molar-refractivity contribution >= 4 is 34.1 Å². The Labute approximate surface area is 174 Å². The average molecular weight is 400 g/mol. The number of hydrogen-bond acceptors (Lipinski definition) is 3. The number of rotatable bonds is 6. The van der Waals surface area contributed by atoms with Crippen molar-refractivity contribution in [2.75, 3.05) is 12.4 Å². The number of carbonyl (C=O) groups excluding carboxylic acids is 1. The second-order valence-electron chi connectivity index (χ2n) is 6.65. The molecule has 3 nitrogen and oxygen atoms in total. The molecule has 0 radical (unpaired) electrons. The zero-order chi connectivity index (χ0) is 20.1. The number of ether oxygens (including phenoxy) is 1. The van der Waals surface area contributed by atoms with E-state index in [-0.39, 0.29) is 5.91 Å². The lowest BCUT2D eigenvalue weighted by Crippen LogP contribution is -2.13. The van der Waals surface area contributed by atoms with Gasteiger partial charge in [0.1, 0.15) is 5.75 Å². The molecule has 0 unspecified atom stereocenters. The first-order valence-corrected chi connectivity index (χ1v) is 10.4. The predicted octanol–water partition coefficient (Wildman–Crippen LogP) is 6.39. The van der Waals surface area contributed by atoms with Gasteiger partial charge in [0, 0.05) is 16.3 Å². The Hall–Kier alpha value is -3.24. The number of nitrogens with one attached hydrogen (secondary N) is 1. The fraction of sp³-hybridized carbons (Fsp3) is 0.0800. The van der Waals surface area contributed by atoms with Gasteiger partial charge in [-0.3, -0.25) is 4.79 Å². The molecule has 0 saturated heterocycles. The van der Waals surface area contributed by atoms with Gasteiger partial charge in [-0.25, -0.2) is 0 Å². The number of carbonyl (C=O) groups is 1. The van der Waals surface area contributed by atoms with Gasteiger partial charge in [-0.1, -0.05) is 54.6 Å². The van der Waals surface area contributed by atoms with Crippen LogP contribution in [0.15, 0.2) is 95.9 Å². The zero-order valence-corrected chi connectivity index (χ0v) is 16.9. The fourth-order valence-corrected chi connectivity index (χ4v) is 4.01. The molecular weight excluding hydrogens is 378 g/mol. The smallest absolute Gasteiger partial charge is 0.259 e. The highest BCUT2D eigenvalue weighted by Crippen LogP contribution is 2.27. The molecular formula is C25H21NO2S. The summed E-state index contributed by atoms with van der Waals surface area (Å²) >= 11 is 1.79. The molecule has 4 aromatic rings. The van der Waals surface area contributed by atoms with Crippen LogP contribution in [-0.4, -0.2) is 13.0 Å². The van der Waals surface area contributed by atoms with E-state index in [0.29, 0.717) is 11.3 Å². The van der Waals surface area contributed by atoms with Crippen LogP contribution in [0.3, 0.4) is 0 Å². The number of amides is 1. The third kappa shape index (κ3) is 4.61. The molecule has 0 spiro atoms. The van der Waals surface area contributed by atoms with Crippen LogP contribution in [0, 0.1) is 0 Å².